The van der Waals surface area contributed by atoms with E-state index in [4.69, 9.17) is 4.74 Å². The van der Waals surface area contributed by atoms with Crippen molar-refractivity contribution in [2.45, 2.75) is 25.8 Å². The molecule has 1 aromatic carbocycles. The summed E-state index contributed by atoms with van der Waals surface area (Å²) in [6.45, 7) is 4.63. The maximum atomic E-state index is 5.17. The van der Waals surface area contributed by atoms with Gasteiger partial charge in [-0.2, -0.15) is 0 Å². The van der Waals surface area contributed by atoms with Crippen LogP contribution in [0.25, 0.3) is 0 Å². The van der Waals surface area contributed by atoms with Gasteiger partial charge >= 0.3 is 0 Å². The standard InChI is InChI=1S/C13H19NO/c1-3-14-10-4-5-13(14)11-6-8-12(15-2)9-7-11/h6-9,13H,3-5,10H2,1-2H3/t13-/m1/s1. The van der Waals surface area contributed by atoms with Crippen LogP contribution < -0.4 is 4.74 Å². The van der Waals surface area contributed by atoms with Gasteiger partial charge in [0.15, 0.2) is 0 Å². The minimum absolute atomic E-state index is 0.626. The molecule has 2 nitrogen and oxygen atoms in total. The van der Waals surface area contributed by atoms with E-state index in [1.165, 1.54) is 24.9 Å². The van der Waals surface area contributed by atoms with Crippen molar-refractivity contribution in [3.8, 4) is 5.75 Å². The van der Waals surface area contributed by atoms with Gasteiger partial charge in [0, 0.05) is 6.04 Å². The van der Waals surface area contributed by atoms with Gasteiger partial charge < -0.3 is 4.74 Å². The Morgan fingerprint density at radius 1 is 1.33 bits per heavy atom. The molecule has 2 heteroatoms. The molecule has 0 radical (unpaired) electrons. The van der Waals surface area contributed by atoms with Crippen molar-refractivity contribution in [2.24, 2.45) is 0 Å². The number of hydrogen-bond donors (Lipinski definition) is 0. The molecule has 0 saturated carbocycles. The molecular weight excluding hydrogens is 186 g/mol. The van der Waals surface area contributed by atoms with Gasteiger partial charge in [0.05, 0.1) is 7.11 Å². The zero-order chi connectivity index (χ0) is 10.7. The van der Waals surface area contributed by atoms with Crippen LogP contribution in [0.5, 0.6) is 5.75 Å². The number of ether oxygens (including phenoxy) is 1. The highest BCUT2D eigenvalue weighted by atomic mass is 16.5. The smallest absolute Gasteiger partial charge is 0.118 e. The molecule has 0 N–H and O–H groups in total. The largest absolute Gasteiger partial charge is 0.497 e. The van der Waals surface area contributed by atoms with Crippen molar-refractivity contribution < 1.29 is 4.74 Å². The van der Waals surface area contributed by atoms with E-state index in [1.807, 2.05) is 0 Å². The fourth-order valence-corrected chi connectivity index (χ4v) is 2.41. The van der Waals surface area contributed by atoms with Crippen LogP contribution in [0.2, 0.25) is 0 Å². The van der Waals surface area contributed by atoms with Gasteiger partial charge in [0.1, 0.15) is 5.75 Å². The number of nitrogens with zero attached hydrogens (tertiary/aromatic N) is 1. The quantitative estimate of drug-likeness (QED) is 0.752. The van der Waals surface area contributed by atoms with Gasteiger partial charge in [-0.25, -0.2) is 0 Å². The van der Waals surface area contributed by atoms with Crippen LogP contribution in [0.3, 0.4) is 0 Å². The Morgan fingerprint density at radius 2 is 2.07 bits per heavy atom. The van der Waals surface area contributed by atoms with Crippen molar-refractivity contribution >= 4 is 0 Å². The summed E-state index contributed by atoms with van der Waals surface area (Å²) in [5.41, 5.74) is 1.43. The Morgan fingerprint density at radius 3 is 2.67 bits per heavy atom. The molecule has 0 bridgehead atoms. The predicted octanol–water partition coefficient (Wildman–Crippen LogP) is 2.85. The second-order valence-corrected chi connectivity index (χ2v) is 4.06. The first kappa shape index (κ1) is 10.5. The van der Waals surface area contributed by atoms with Crippen LogP contribution in [-0.4, -0.2) is 25.1 Å². The molecule has 2 rings (SSSR count). The minimum atomic E-state index is 0.626. The van der Waals surface area contributed by atoms with Gasteiger partial charge in [0.25, 0.3) is 0 Å². The SMILES string of the molecule is CCN1CCC[C@@H]1c1ccc(OC)cc1. The number of rotatable bonds is 3. The van der Waals surface area contributed by atoms with Crippen molar-refractivity contribution in [3.63, 3.8) is 0 Å². The van der Waals surface area contributed by atoms with E-state index in [1.54, 1.807) is 7.11 Å². The molecule has 0 aliphatic carbocycles. The van der Waals surface area contributed by atoms with Crippen LogP contribution in [-0.2, 0) is 0 Å². The molecule has 15 heavy (non-hydrogen) atoms. The lowest BCUT2D eigenvalue weighted by Crippen LogP contribution is -2.22. The molecule has 1 aliphatic heterocycles. The van der Waals surface area contributed by atoms with Gasteiger partial charge in [-0.3, -0.25) is 4.90 Å². The predicted molar refractivity (Wildman–Crippen MR) is 62.2 cm³/mol. The summed E-state index contributed by atoms with van der Waals surface area (Å²) in [6.07, 6.45) is 2.62. The van der Waals surface area contributed by atoms with Crippen LogP contribution in [0, 0.1) is 0 Å². The van der Waals surface area contributed by atoms with Crippen molar-refractivity contribution in [1.29, 1.82) is 0 Å². The lowest BCUT2D eigenvalue weighted by Gasteiger charge is -2.23. The van der Waals surface area contributed by atoms with Crippen molar-refractivity contribution in [3.05, 3.63) is 29.8 Å². The van der Waals surface area contributed by atoms with E-state index >= 15 is 0 Å². The fourth-order valence-electron chi connectivity index (χ4n) is 2.41. The maximum absolute atomic E-state index is 5.17. The highest BCUT2D eigenvalue weighted by molar-refractivity contribution is 5.29. The van der Waals surface area contributed by atoms with Gasteiger partial charge in [0.2, 0.25) is 0 Å². The topological polar surface area (TPSA) is 12.5 Å². The summed E-state index contributed by atoms with van der Waals surface area (Å²) in [6, 6.07) is 9.12. The highest BCUT2D eigenvalue weighted by Gasteiger charge is 2.24. The zero-order valence-electron chi connectivity index (χ0n) is 9.57. The summed E-state index contributed by atoms with van der Waals surface area (Å²) >= 11 is 0. The summed E-state index contributed by atoms with van der Waals surface area (Å²) in [5.74, 6) is 0.944. The first-order chi connectivity index (χ1) is 7.35. The zero-order valence-corrected chi connectivity index (χ0v) is 9.57. The van der Waals surface area contributed by atoms with Crippen molar-refractivity contribution in [2.75, 3.05) is 20.2 Å². The Bertz CT molecular complexity index is 307. The number of hydrogen-bond acceptors (Lipinski definition) is 2. The average Bonchev–Trinajstić information content (AvgIpc) is 2.77. The Kier molecular flexibility index (Phi) is 3.27. The molecule has 82 valence electrons. The normalized spacial score (nSPS) is 21.9. The van der Waals surface area contributed by atoms with Crippen LogP contribution in [0.15, 0.2) is 24.3 Å². The summed E-state index contributed by atoms with van der Waals surface area (Å²) in [5, 5.41) is 0. The van der Waals surface area contributed by atoms with E-state index < -0.39 is 0 Å². The monoisotopic (exact) mass is 205 g/mol. The molecule has 1 aromatic rings. The second-order valence-electron chi connectivity index (χ2n) is 4.06. The molecule has 1 heterocycles. The number of methoxy groups -OCH3 is 1. The second kappa shape index (κ2) is 4.67. The minimum Gasteiger partial charge on any atom is -0.497 e. The third kappa shape index (κ3) is 2.15. The first-order valence-electron chi connectivity index (χ1n) is 5.73. The van der Waals surface area contributed by atoms with Crippen LogP contribution >= 0.6 is 0 Å². The van der Waals surface area contributed by atoms with Crippen LogP contribution in [0.4, 0.5) is 0 Å². The average molecular weight is 205 g/mol. The van der Waals surface area contributed by atoms with E-state index in [-0.39, 0.29) is 0 Å². The maximum Gasteiger partial charge on any atom is 0.118 e. The molecule has 1 fully saturated rings. The Labute approximate surface area is 91.9 Å². The number of likely N-dealkylation sites (tertiary alicyclic amines) is 1. The molecule has 0 amide bonds. The molecule has 0 unspecified atom stereocenters. The van der Waals surface area contributed by atoms with Crippen LogP contribution in [0.1, 0.15) is 31.4 Å². The highest BCUT2D eigenvalue weighted by Crippen LogP contribution is 2.32. The third-order valence-electron chi connectivity index (χ3n) is 3.27. The fraction of sp³-hybridized carbons (Fsp3) is 0.538. The van der Waals surface area contributed by atoms with E-state index in [0.29, 0.717) is 6.04 Å². The Balaban J connectivity index is 2.14. The number of benzene rings is 1. The molecule has 0 spiro atoms. The van der Waals surface area contributed by atoms with Gasteiger partial charge in [-0.05, 0) is 43.6 Å². The lowest BCUT2D eigenvalue weighted by atomic mass is 10.0. The molecule has 1 saturated heterocycles. The van der Waals surface area contributed by atoms with E-state index in [9.17, 15) is 0 Å². The van der Waals surface area contributed by atoms with Gasteiger partial charge in [-0.15, -0.1) is 0 Å². The molecule has 1 atom stereocenters. The molecular formula is C13H19NO. The van der Waals surface area contributed by atoms with Crippen molar-refractivity contribution in [1.82, 2.24) is 4.90 Å². The summed E-state index contributed by atoms with van der Waals surface area (Å²) in [7, 11) is 1.71. The molecule has 1 aliphatic rings. The Hall–Kier alpha value is -1.02. The lowest BCUT2D eigenvalue weighted by molar-refractivity contribution is 0.271. The molecule has 0 aromatic heterocycles. The van der Waals surface area contributed by atoms with Gasteiger partial charge in [-0.1, -0.05) is 19.1 Å². The van der Waals surface area contributed by atoms with E-state index in [2.05, 4.69) is 36.1 Å². The third-order valence-corrected chi connectivity index (χ3v) is 3.27. The summed E-state index contributed by atoms with van der Waals surface area (Å²) < 4.78 is 5.17. The first-order valence-corrected chi connectivity index (χ1v) is 5.73. The van der Waals surface area contributed by atoms with E-state index in [0.717, 1.165) is 12.3 Å². The summed E-state index contributed by atoms with van der Waals surface area (Å²) in [4.78, 5) is 2.54.